The van der Waals surface area contributed by atoms with E-state index in [1.54, 1.807) is 6.07 Å². The summed E-state index contributed by atoms with van der Waals surface area (Å²) in [5.74, 6) is -0.158. The number of rotatable bonds is 4. The van der Waals surface area contributed by atoms with Gasteiger partial charge in [0.2, 0.25) is 0 Å². The van der Waals surface area contributed by atoms with Gasteiger partial charge in [-0.25, -0.2) is 4.39 Å². The van der Waals surface area contributed by atoms with Gasteiger partial charge < -0.3 is 5.32 Å². The van der Waals surface area contributed by atoms with E-state index in [0.29, 0.717) is 6.42 Å². The molecule has 0 aliphatic rings. The predicted molar refractivity (Wildman–Crippen MR) is 78.1 cm³/mol. The van der Waals surface area contributed by atoms with Crippen molar-refractivity contribution in [2.75, 3.05) is 7.05 Å². The zero-order valence-electron chi connectivity index (χ0n) is 11.1. The molecule has 0 spiro atoms. The van der Waals surface area contributed by atoms with E-state index in [4.69, 9.17) is 11.6 Å². The molecule has 0 fully saturated rings. The first-order valence-corrected chi connectivity index (χ1v) is 6.66. The van der Waals surface area contributed by atoms with Crippen LogP contribution in [0.15, 0.2) is 42.5 Å². The summed E-state index contributed by atoms with van der Waals surface area (Å²) in [6.45, 7) is 2.02. The summed E-state index contributed by atoms with van der Waals surface area (Å²) in [7, 11) is 1.89. The molecule has 0 radical (unpaired) electrons. The second-order valence-electron chi connectivity index (χ2n) is 4.64. The van der Waals surface area contributed by atoms with E-state index in [1.807, 2.05) is 44.3 Å². The van der Waals surface area contributed by atoms with Crippen molar-refractivity contribution < 1.29 is 4.39 Å². The van der Waals surface area contributed by atoms with Gasteiger partial charge in [-0.1, -0.05) is 35.9 Å². The lowest BCUT2D eigenvalue weighted by molar-refractivity contribution is 0.552. The molecule has 0 aliphatic carbocycles. The Bertz CT molecular complexity index is 568. The molecule has 2 aromatic rings. The van der Waals surface area contributed by atoms with Crippen molar-refractivity contribution in [3.8, 4) is 0 Å². The summed E-state index contributed by atoms with van der Waals surface area (Å²) in [5.41, 5.74) is 2.98. The summed E-state index contributed by atoms with van der Waals surface area (Å²) in [5, 5.41) is 3.97. The number of halogens is 2. The zero-order chi connectivity index (χ0) is 13.8. The number of aryl methyl sites for hydroxylation is 1. The third-order valence-electron chi connectivity index (χ3n) is 3.34. The second-order valence-corrected chi connectivity index (χ2v) is 5.07. The first-order valence-electron chi connectivity index (χ1n) is 6.28. The quantitative estimate of drug-likeness (QED) is 0.879. The van der Waals surface area contributed by atoms with Crippen LogP contribution in [0.1, 0.15) is 22.7 Å². The van der Waals surface area contributed by atoms with Gasteiger partial charge in [0.15, 0.2) is 0 Å². The van der Waals surface area contributed by atoms with Crippen molar-refractivity contribution in [2.45, 2.75) is 19.4 Å². The molecule has 0 saturated heterocycles. The number of nitrogens with one attached hydrogen (secondary N) is 1. The van der Waals surface area contributed by atoms with E-state index in [2.05, 4.69) is 5.32 Å². The molecule has 1 nitrogen and oxygen atoms in total. The van der Waals surface area contributed by atoms with Crippen LogP contribution in [0.5, 0.6) is 0 Å². The maximum Gasteiger partial charge on any atom is 0.126 e. The highest BCUT2D eigenvalue weighted by Gasteiger charge is 2.14. The number of hydrogen-bond donors (Lipinski definition) is 1. The third kappa shape index (κ3) is 3.34. The van der Waals surface area contributed by atoms with E-state index in [0.717, 1.165) is 21.7 Å². The van der Waals surface area contributed by atoms with Crippen molar-refractivity contribution in [3.05, 3.63) is 70.0 Å². The van der Waals surface area contributed by atoms with Crippen molar-refractivity contribution >= 4 is 11.6 Å². The molecule has 0 saturated carbocycles. The van der Waals surface area contributed by atoms with Crippen LogP contribution in [0, 0.1) is 12.7 Å². The summed E-state index contributed by atoms with van der Waals surface area (Å²) >= 11 is 5.97. The van der Waals surface area contributed by atoms with Gasteiger partial charge in [-0.3, -0.25) is 0 Å². The minimum atomic E-state index is -0.158. The summed E-state index contributed by atoms with van der Waals surface area (Å²) < 4.78 is 13.7. The van der Waals surface area contributed by atoms with Gasteiger partial charge in [0.1, 0.15) is 5.82 Å². The molecule has 0 amide bonds. The van der Waals surface area contributed by atoms with Crippen LogP contribution < -0.4 is 5.32 Å². The molecule has 3 heteroatoms. The molecule has 0 bridgehead atoms. The average molecular weight is 278 g/mol. The molecule has 2 rings (SSSR count). The fraction of sp³-hybridized carbons (Fsp3) is 0.250. The van der Waals surface area contributed by atoms with Crippen molar-refractivity contribution in [3.63, 3.8) is 0 Å². The first-order chi connectivity index (χ1) is 9.11. The third-order valence-corrected chi connectivity index (χ3v) is 3.57. The van der Waals surface area contributed by atoms with Crippen LogP contribution in [-0.4, -0.2) is 7.05 Å². The van der Waals surface area contributed by atoms with Gasteiger partial charge in [0.05, 0.1) is 0 Å². The number of hydrogen-bond acceptors (Lipinski definition) is 1. The van der Waals surface area contributed by atoms with Gasteiger partial charge in [0, 0.05) is 11.1 Å². The smallest absolute Gasteiger partial charge is 0.126 e. The van der Waals surface area contributed by atoms with Crippen LogP contribution in [0.2, 0.25) is 5.02 Å². The fourth-order valence-corrected chi connectivity index (χ4v) is 2.51. The molecule has 19 heavy (non-hydrogen) atoms. The Morgan fingerprint density at radius 2 is 1.95 bits per heavy atom. The molecule has 1 N–H and O–H groups in total. The van der Waals surface area contributed by atoms with Gasteiger partial charge >= 0.3 is 0 Å². The Morgan fingerprint density at radius 1 is 1.21 bits per heavy atom. The Morgan fingerprint density at radius 3 is 2.58 bits per heavy atom. The van der Waals surface area contributed by atoms with Crippen LogP contribution in [0.3, 0.4) is 0 Å². The zero-order valence-corrected chi connectivity index (χ0v) is 11.8. The summed E-state index contributed by atoms with van der Waals surface area (Å²) in [4.78, 5) is 0. The molecular weight excluding hydrogens is 261 g/mol. The lowest BCUT2D eigenvalue weighted by atomic mass is 9.95. The molecule has 0 aromatic heterocycles. The lowest BCUT2D eigenvalue weighted by Gasteiger charge is -2.19. The highest BCUT2D eigenvalue weighted by Crippen LogP contribution is 2.25. The monoisotopic (exact) mass is 277 g/mol. The van der Waals surface area contributed by atoms with Gasteiger partial charge in [-0.15, -0.1) is 0 Å². The highest BCUT2D eigenvalue weighted by atomic mass is 35.5. The Balaban J connectivity index is 2.28. The van der Waals surface area contributed by atoms with E-state index in [9.17, 15) is 4.39 Å². The van der Waals surface area contributed by atoms with E-state index in [1.165, 1.54) is 6.07 Å². The number of benzene rings is 2. The Kier molecular flexibility index (Phi) is 4.56. The van der Waals surface area contributed by atoms with Crippen molar-refractivity contribution in [1.29, 1.82) is 0 Å². The van der Waals surface area contributed by atoms with Crippen LogP contribution in [-0.2, 0) is 6.42 Å². The van der Waals surface area contributed by atoms with Gasteiger partial charge in [0.25, 0.3) is 0 Å². The van der Waals surface area contributed by atoms with Crippen molar-refractivity contribution in [1.82, 2.24) is 5.32 Å². The SMILES string of the molecule is CNC(Cc1ccccc1F)c1ccc(Cl)cc1C. The van der Waals surface area contributed by atoms with E-state index >= 15 is 0 Å². The maximum absolute atomic E-state index is 13.7. The predicted octanol–water partition coefficient (Wildman–Crippen LogP) is 4.29. The molecule has 0 aliphatic heterocycles. The number of likely N-dealkylation sites (N-methyl/N-ethyl adjacent to an activating group) is 1. The molecule has 2 aromatic carbocycles. The maximum atomic E-state index is 13.7. The lowest BCUT2D eigenvalue weighted by Crippen LogP contribution is -2.20. The van der Waals surface area contributed by atoms with Crippen LogP contribution in [0.25, 0.3) is 0 Å². The van der Waals surface area contributed by atoms with Crippen LogP contribution >= 0.6 is 11.6 Å². The molecule has 1 atom stereocenters. The highest BCUT2D eigenvalue weighted by molar-refractivity contribution is 6.30. The second kappa shape index (κ2) is 6.18. The van der Waals surface area contributed by atoms with Crippen LogP contribution in [0.4, 0.5) is 4.39 Å². The Hall–Kier alpha value is -1.38. The molecule has 1 unspecified atom stereocenters. The average Bonchev–Trinajstić information content (AvgIpc) is 2.39. The minimum Gasteiger partial charge on any atom is -0.313 e. The van der Waals surface area contributed by atoms with E-state index in [-0.39, 0.29) is 11.9 Å². The molecule has 100 valence electrons. The van der Waals surface area contributed by atoms with Gasteiger partial charge in [-0.05, 0) is 55.3 Å². The summed E-state index contributed by atoms with van der Waals surface area (Å²) in [6.07, 6.45) is 0.617. The van der Waals surface area contributed by atoms with E-state index < -0.39 is 0 Å². The normalized spacial score (nSPS) is 12.4. The van der Waals surface area contributed by atoms with Gasteiger partial charge in [-0.2, -0.15) is 0 Å². The largest absolute Gasteiger partial charge is 0.313 e. The Labute approximate surface area is 118 Å². The van der Waals surface area contributed by atoms with Crippen molar-refractivity contribution in [2.24, 2.45) is 0 Å². The fourth-order valence-electron chi connectivity index (χ4n) is 2.28. The summed E-state index contributed by atoms with van der Waals surface area (Å²) in [6, 6.07) is 12.8. The molecular formula is C16H17ClFN. The minimum absolute atomic E-state index is 0.0779. The first kappa shape index (κ1) is 14.0. The standard InChI is InChI=1S/C16H17ClFN/c1-11-9-13(17)7-8-14(11)16(19-2)10-12-5-3-4-6-15(12)18/h3-9,16,19H,10H2,1-2H3. The molecule has 0 heterocycles. The topological polar surface area (TPSA) is 12.0 Å².